The molecule has 0 bridgehead atoms. The van der Waals surface area contributed by atoms with Gasteiger partial charge in [-0.05, 0) is 70.1 Å². The lowest BCUT2D eigenvalue weighted by molar-refractivity contribution is 1.12. The number of thiophene rings is 2. The molecular formula is C52H26N4S2. The molecule has 0 unspecified atom stereocenters. The molecule has 4 heterocycles. The number of benzene rings is 9. The molecule has 6 heteroatoms. The van der Waals surface area contributed by atoms with Gasteiger partial charge in [0.1, 0.15) is 12.1 Å². The molecule has 0 aliphatic heterocycles. The van der Waals surface area contributed by atoms with Gasteiger partial charge in [0.05, 0.1) is 44.6 Å². The van der Waals surface area contributed by atoms with Crippen molar-refractivity contribution in [3.05, 3.63) is 169 Å². The van der Waals surface area contributed by atoms with E-state index in [1.807, 2.05) is 34.8 Å². The summed E-state index contributed by atoms with van der Waals surface area (Å²) in [6.45, 7) is 0. The van der Waals surface area contributed by atoms with Crippen molar-refractivity contribution in [3.63, 3.8) is 0 Å². The van der Waals surface area contributed by atoms with Crippen LogP contribution < -0.4 is 0 Å². The van der Waals surface area contributed by atoms with Gasteiger partial charge in [-0.3, -0.25) is 0 Å². The van der Waals surface area contributed by atoms with Crippen LogP contribution in [0.4, 0.5) is 0 Å². The maximum absolute atomic E-state index is 11.1. The first-order valence-electron chi connectivity index (χ1n) is 19.2. The number of rotatable bonds is 2. The number of fused-ring (bicyclic) bond motifs is 18. The van der Waals surface area contributed by atoms with Crippen LogP contribution in [0, 0.1) is 22.7 Å². The summed E-state index contributed by atoms with van der Waals surface area (Å²) in [6, 6.07) is 60.8. The molecule has 0 amide bonds. The summed E-state index contributed by atoms with van der Waals surface area (Å²) < 4.78 is 9.35. The molecule has 0 fully saturated rings. The Balaban J connectivity index is 1.16. The predicted molar refractivity (Wildman–Crippen MR) is 245 cm³/mol. The van der Waals surface area contributed by atoms with Crippen molar-refractivity contribution in [1.82, 2.24) is 9.13 Å². The summed E-state index contributed by atoms with van der Waals surface area (Å²) in [7, 11) is 0. The molecule has 4 nitrogen and oxygen atoms in total. The number of hydrogen-bond donors (Lipinski definition) is 0. The summed E-state index contributed by atoms with van der Waals surface area (Å²) in [6.07, 6.45) is 0. The first kappa shape index (κ1) is 31.7. The summed E-state index contributed by atoms with van der Waals surface area (Å²) >= 11 is 3.63. The van der Waals surface area contributed by atoms with Crippen molar-refractivity contribution in [2.45, 2.75) is 0 Å². The smallest absolute Gasteiger partial charge is 0.101 e. The van der Waals surface area contributed by atoms with Crippen LogP contribution in [-0.2, 0) is 0 Å². The second kappa shape index (κ2) is 11.5. The largest absolute Gasteiger partial charge is 0.308 e. The Hall–Kier alpha value is -7.48. The maximum atomic E-state index is 11.1. The fourth-order valence-corrected chi connectivity index (χ4v) is 12.2. The zero-order chi connectivity index (χ0) is 38.2. The lowest BCUT2D eigenvalue weighted by Gasteiger charge is -2.16. The van der Waals surface area contributed by atoms with Crippen LogP contribution in [-0.4, -0.2) is 9.13 Å². The van der Waals surface area contributed by atoms with Gasteiger partial charge >= 0.3 is 0 Å². The van der Waals surface area contributed by atoms with Gasteiger partial charge in [-0.15, -0.1) is 22.7 Å². The Morgan fingerprint density at radius 3 is 1.19 bits per heavy atom. The third kappa shape index (κ3) is 4.05. The highest BCUT2D eigenvalue weighted by Crippen LogP contribution is 2.48. The molecule has 0 aliphatic carbocycles. The Morgan fingerprint density at radius 1 is 0.362 bits per heavy atom. The maximum Gasteiger partial charge on any atom is 0.101 e. The van der Waals surface area contributed by atoms with Crippen molar-refractivity contribution in [3.8, 4) is 23.5 Å². The van der Waals surface area contributed by atoms with Gasteiger partial charge in [-0.25, -0.2) is 0 Å². The third-order valence-electron chi connectivity index (χ3n) is 12.2. The molecule has 0 spiro atoms. The lowest BCUT2D eigenvalue weighted by Crippen LogP contribution is -2.04. The molecule has 0 atom stereocenters. The molecule has 0 saturated heterocycles. The van der Waals surface area contributed by atoms with Gasteiger partial charge in [0.15, 0.2) is 0 Å². The average molecular weight is 771 g/mol. The SMILES string of the molecule is N#Cc1cc(-n2c3ccc4ccccc4c3c3c4sc5ccccc5c4ccc32)c(C#N)cc1-n1c2ccc3ccccc3c2c2c3sc4ccccc4c3ccc21. The minimum atomic E-state index is 0.496. The van der Waals surface area contributed by atoms with E-state index in [2.05, 4.69) is 167 Å². The summed E-state index contributed by atoms with van der Waals surface area (Å²) in [5.41, 5.74) is 6.40. The van der Waals surface area contributed by atoms with E-state index in [-0.39, 0.29) is 0 Å². The van der Waals surface area contributed by atoms with E-state index in [4.69, 9.17) is 0 Å². The Labute approximate surface area is 338 Å². The molecule has 9 aromatic carbocycles. The zero-order valence-electron chi connectivity index (χ0n) is 30.6. The van der Waals surface area contributed by atoms with Gasteiger partial charge in [0.2, 0.25) is 0 Å². The van der Waals surface area contributed by atoms with E-state index in [0.29, 0.717) is 22.5 Å². The monoisotopic (exact) mass is 770 g/mol. The van der Waals surface area contributed by atoms with E-state index in [1.54, 1.807) is 0 Å². The zero-order valence-corrected chi connectivity index (χ0v) is 32.2. The fourth-order valence-electron chi connectivity index (χ4n) is 9.74. The van der Waals surface area contributed by atoms with Crippen LogP contribution in [0.3, 0.4) is 0 Å². The molecule has 58 heavy (non-hydrogen) atoms. The third-order valence-corrected chi connectivity index (χ3v) is 14.6. The van der Waals surface area contributed by atoms with Gasteiger partial charge in [0.25, 0.3) is 0 Å². The van der Waals surface area contributed by atoms with Gasteiger partial charge in [-0.1, -0.05) is 109 Å². The topological polar surface area (TPSA) is 57.4 Å². The molecule has 266 valence electrons. The second-order valence-corrected chi connectivity index (χ2v) is 17.1. The second-order valence-electron chi connectivity index (χ2n) is 15.0. The van der Waals surface area contributed by atoms with Crippen molar-refractivity contribution in [2.75, 3.05) is 0 Å². The van der Waals surface area contributed by atoms with Gasteiger partial charge in [-0.2, -0.15) is 10.5 Å². The number of aromatic nitrogens is 2. The number of nitriles is 2. The van der Waals surface area contributed by atoms with E-state index < -0.39 is 0 Å². The van der Waals surface area contributed by atoms with Crippen molar-refractivity contribution < 1.29 is 0 Å². The summed E-state index contributed by atoms with van der Waals surface area (Å²) in [5.74, 6) is 0. The van der Waals surface area contributed by atoms with E-state index in [1.165, 1.54) is 51.1 Å². The average Bonchev–Trinajstić information content (AvgIpc) is 4.03. The first-order valence-corrected chi connectivity index (χ1v) is 20.8. The van der Waals surface area contributed by atoms with Crippen LogP contribution in [0.15, 0.2) is 158 Å². The molecule has 0 saturated carbocycles. The molecule has 0 aliphatic rings. The molecular weight excluding hydrogens is 745 g/mol. The molecule has 13 rings (SSSR count). The Bertz CT molecular complexity index is 3800. The van der Waals surface area contributed by atoms with Crippen molar-refractivity contribution in [1.29, 1.82) is 10.5 Å². The van der Waals surface area contributed by atoms with E-state index in [9.17, 15) is 10.5 Å². The fraction of sp³-hybridized carbons (Fsp3) is 0. The van der Waals surface area contributed by atoms with Crippen molar-refractivity contribution >= 4 is 128 Å². The lowest BCUT2D eigenvalue weighted by atomic mass is 10.0. The van der Waals surface area contributed by atoms with Crippen LogP contribution in [0.1, 0.15) is 11.1 Å². The highest BCUT2D eigenvalue weighted by Gasteiger charge is 2.25. The van der Waals surface area contributed by atoms with Crippen LogP contribution >= 0.6 is 22.7 Å². The minimum Gasteiger partial charge on any atom is -0.308 e. The molecule has 0 N–H and O–H groups in total. The Kier molecular flexibility index (Phi) is 6.30. The van der Waals surface area contributed by atoms with Crippen molar-refractivity contribution in [2.24, 2.45) is 0 Å². The van der Waals surface area contributed by atoms with Gasteiger partial charge in [0, 0.05) is 61.9 Å². The van der Waals surface area contributed by atoms with Crippen LogP contribution in [0.5, 0.6) is 0 Å². The normalized spacial score (nSPS) is 12.1. The highest BCUT2D eigenvalue weighted by molar-refractivity contribution is 7.27. The Morgan fingerprint density at radius 2 is 0.741 bits per heavy atom. The van der Waals surface area contributed by atoms with E-state index in [0.717, 1.165) is 54.4 Å². The molecule has 4 aromatic heterocycles. The van der Waals surface area contributed by atoms with Gasteiger partial charge < -0.3 is 9.13 Å². The first-order chi connectivity index (χ1) is 28.7. The standard InChI is InChI=1S/C52H26N4S2/c53-27-31-26-44(56-40-22-18-30-10-2-4-12-34(30)48(40)50-42(56)24-20-38-36-14-6-8-16-46(36)58-52(38)50)32(28-54)25-43(31)55-39-21-17-29-9-1-3-11-33(29)47(39)49-41(55)23-19-37-35-13-5-7-15-45(35)57-51(37)49/h1-26H. The van der Waals surface area contributed by atoms with Crippen LogP contribution in [0.25, 0.3) is 117 Å². The number of hydrogen-bond acceptors (Lipinski definition) is 4. The van der Waals surface area contributed by atoms with E-state index >= 15 is 0 Å². The highest BCUT2D eigenvalue weighted by atomic mass is 32.1. The predicted octanol–water partition coefficient (Wildman–Crippen LogP) is 14.7. The molecule has 0 radical (unpaired) electrons. The summed E-state index contributed by atoms with van der Waals surface area (Å²) in [5, 5.41) is 36.5. The van der Waals surface area contributed by atoms with Crippen LogP contribution in [0.2, 0.25) is 0 Å². The number of nitrogens with zero attached hydrogens (tertiary/aromatic N) is 4. The minimum absolute atomic E-state index is 0.496. The quantitative estimate of drug-likeness (QED) is 0.176. The summed E-state index contributed by atoms with van der Waals surface area (Å²) in [4.78, 5) is 0. The molecule has 13 aromatic rings.